The van der Waals surface area contributed by atoms with E-state index in [4.69, 9.17) is 9.26 Å². The van der Waals surface area contributed by atoms with Gasteiger partial charge in [0.1, 0.15) is 12.0 Å². The number of aromatic nitrogens is 1. The molecule has 2 rings (SSSR count). The molecule has 1 aliphatic rings. The Labute approximate surface area is 141 Å². The molecule has 0 radical (unpaired) electrons. The van der Waals surface area contributed by atoms with Gasteiger partial charge >= 0.3 is 5.97 Å². The van der Waals surface area contributed by atoms with E-state index in [1.54, 1.807) is 13.1 Å². The molecule has 8 heteroatoms. The number of nitrogens with zero attached hydrogens (tertiary/aromatic N) is 3. The minimum absolute atomic E-state index is 0. The first-order valence-electron chi connectivity index (χ1n) is 6.58. The number of rotatable bonds is 3. The van der Waals surface area contributed by atoms with Gasteiger partial charge in [-0.3, -0.25) is 9.79 Å². The molecule has 0 bridgehead atoms. The third-order valence-corrected chi connectivity index (χ3v) is 3.55. The number of methoxy groups -OCH3 is 1. The number of carbonyl (C=O) groups is 1. The van der Waals surface area contributed by atoms with Crippen LogP contribution in [0.3, 0.4) is 0 Å². The van der Waals surface area contributed by atoms with E-state index in [1.807, 2.05) is 6.92 Å². The van der Waals surface area contributed by atoms with E-state index in [0.717, 1.165) is 18.2 Å². The number of hydrogen-bond donors (Lipinski definition) is 1. The van der Waals surface area contributed by atoms with Gasteiger partial charge in [-0.15, -0.1) is 24.0 Å². The van der Waals surface area contributed by atoms with Gasteiger partial charge in [0.2, 0.25) is 0 Å². The van der Waals surface area contributed by atoms with Gasteiger partial charge < -0.3 is 19.5 Å². The molecule has 1 N–H and O–H groups in total. The Morgan fingerprint density at radius 1 is 1.62 bits per heavy atom. The smallest absolute Gasteiger partial charge is 0.310 e. The van der Waals surface area contributed by atoms with Crippen molar-refractivity contribution in [2.75, 3.05) is 27.2 Å². The minimum atomic E-state index is -0.160. The van der Waals surface area contributed by atoms with E-state index in [9.17, 15) is 4.79 Å². The fraction of sp³-hybridized carbons (Fsp3) is 0.615. The number of aliphatic imine (C=N–C) groups is 1. The van der Waals surface area contributed by atoms with Crippen molar-refractivity contribution in [1.82, 2.24) is 15.4 Å². The van der Waals surface area contributed by atoms with Crippen LogP contribution in [0.1, 0.15) is 12.6 Å². The van der Waals surface area contributed by atoms with Crippen molar-refractivity contribution in [3.05, 3.63) is 18.0 Å². The Hall–Kier alpha value is -1.32. The number of carbonyl (C=O) groups excluding carboxylic acids is 1. The largest absolute Gasteiger partial charge is 0.469 e. The first-order valence-corrected chi connectivity index (χ1v) is 6.58. The van der Waals surface area contributed by atoms with Gasteiger partial charge in [0.15, 0.2) is 5.96 Å². The molecule has 7 nitrogen and oxygen atoms in total. The summed E-state index contributed by atoms with van der Waals surface area (Å²) >= 11 is 0. The third-order valence-electron chi connectivity index (χ3n) is 3.55. The minimum Gasteiger partial charge on any atom is -0.469 e. The molecule has 21 heavy (non-hydrogen) atoms. The van der Waals surface area contributed by atoms with E-state index >= 15 is 0 Å². The van der Waals surface area contributed by atoms with Crippen LogP contribution in [-0.4, -0.2) is 49.2 Å². The van der Waals surface area contributed by atoms with Gasteiger partial charge in [0.05, 0.1) is 19.6 Å². The van der Waals surface area contributed by atoms with Crippen LogP contribution in [0.5, 0.6) is 0 Å². The van der Waals surface area contributed by atoms with Crippen molar-refractivity contribution in [1.29, 1.82) is 0 Å². The molecule has 2 heterocycles. The number of esters is 1. The molecule has 118 valence electrons. The molecule has 1 aliphatic heterocycles. The molecule has 1 saturated heterocycles. The topological polar surface area (TPSA) is 80.0 Å². The average molecular weight is 408 g/mol. The summed E-state index contributed by atoms with van der Waals surface area (Å²) in [6.45, 7) is 3.98. The molecular formula is C13H21IN4O3. The second kappa shape index (κ2) is 8.20. The third kappa shape index (κ3) is 4.32. The Morgan fingerprint density at radius 3 is 2.95 bits per heavy atom. The molecular weight excluding hydrogens is 387 g/mol. The van der Waals surface area contributed by atoms with Gasteiger partial charge in [-0.25, -0.2) is 0 Å². The van der Waals surface area contributed by atoms with E-state index < -0.39 is 0 Å². The maximum Gasteiger partial charge on any atom is 0.310 e. The van der Waals surface area contributed by atoms with Crippen LogP contribution >= 0.6 is 24.0 Å². The number of halogens is 1. The van der Waals surface area contributed by atoms with Crippen molar-refractivity contribution in [2.45, 2.75) is 13.5 Å². The highest BCUT2D eigenvalue weighted by Crippen LogP contribution is 2.24. The van der Waals surface area contributed by atoms with Crippen LogP contribution < -0.4 is 5.32 Å². The number of nitrogens with one attached hydrogen (secondary N) is 1. The maximum absolute atomic E-state index is 11.7. The Balaban J connectivity index is 0.00000220. The lowest BCUT2D eigenvalue weighted by molar-refractivity contribution is -0.145. The predicted molar refractivity (Wildman–Crippen MR) is 88.4 cm³/mol. The highest BCUT2D eigenvalue weighted by molar-refractivity contribution is 14.0. The summed E-state index contributed by atoms with van der Waals surface area (Å²) in [5.41, 5.74) is 0.808. The van der Waals surface area contributed by atoms with Gasteiger partial charge in [-0.05, 0) is 5.92 Å². The highest BCUT2D eigenvalue weighted by Gasteiger charge is 2.36. The van der Waals surface area contributed by atoms with Crippen molar-refractivity contribution in [3.8, 4) is 0 Å². The fourth-order valence-electron chi connectivity index (χ4n) is 2.43. The van der Waals surface area contributed by atoms with Crippen LogP contribution in [0.2, 0.25) is 0 Å². The maximum atomic E-state index is 11.7. The zero-order chi connectivity index (χ0) is 14.5. The number of likely N-dealkylation sites (tertiary alicyclic amines) is 1. The van der Waals surface area contributed by atoms with Crippen LogP contribution in [0.15, 0.2) is 21.8 Å². The molecule has 1 aromatic heterocycles. The first kappa shape index (κ1) is 17.7. The normalized spacial score (nSPS) is 21.9. The van der Waals surface area contributed by atoms with Gasteiger partial charge in [-0.1, -0.05) is 12.1 Å². The zero-order valence-corrected chi connectivity index (χ0v) is 14.7. The average Bonchev–Trinajstić information content (AvgIpc) is 3.08. The van der Waals surface area contributed by atoms with Crippen LogP contribution in [0.4, 0.5) is 0 Å². The lowest BCUT2D eigenvalue weighted by atomic mass is 9.99. The van der Waals surface area contributed by atoms with Gasteiger partial charge in [0, 0.05) is 26.2 Å². The SMILES string of the molecule is CN=C(NCc1ccon1)N1CC(C)C(C(=O)OC)C1.I. The van der Waals surface area contributed by atoms with Crippen molar-refractivity contribution in [3.63, 3.8) is 0 Å². The highest BCUT2D eigenvalue weighted by atomic mass is 127. The summed E-state index contributed by atoms with van der Waals surface area (Å²) in [5, 5.41) is 7.05. The lowest BCUT2D eigenvalue weighted by Crippen LogP contribution is -2.40. The molecule has 0 saturated carbocycles. The summed E-state index contributed by atoms with van der Waals surface area (Å²) in [6, 6.07) is 1.80. The van der Waals surface area contributed by atoms with Crippen molar-refractivity contribution < 1.29 is 14.1 Å². The molecule has 0 spiro atoms. The van der Waals surface area contributed by atoms with E-state index in [2.05, 4.69) is 20.4 Å². The molecule has 0 amide bonds. The number of hydrogen-bond acceptors (Lipinski definition) is 5. The summed E-state index contributed by atoms with van der Waals surface area (Å²) in [5.74, 6) is 0.733. The van der Waals surface area contributed by atoms with E-state index in [0.29, 0.717) is 13.1 Å². The van der Waals surface area contributed by atoms with Crippen molar-refractivity contribution in [2.24, 2.45) is 16.8 Å². The molecule has 0 aliphatic carbocycles. The van der Waals surface area contributed by atoms with Crippen LogP contribution in [0.25, 0.3) is 0 Å². The zero-order valence-electron chi connectivity index (χ0n) is 12.4. The standard InChI is InChI=1S/C13H20N4O3.HI/c1-9-7-17(8-11(9)12(18)19-3)13(14-2)15-6-10-4-5-20-16-10;/h4-5,9,11H,6-8H2,1-3H3,(H,14,15);1H. The fourth-order valence-corrected chi connectivity index (χ4v) is 2.43. The quantitative estimate of drug-likeness (QED) is 0.350. The Kier molecular flexibility index (Phi) is 6.93. The number of ether oxygens (including phenoxy) is 1. The second-order valence-corrected chi connectivity index (χ2v) is 4.90. The molecule has 0 aromatic carbocycles. The van der Waals surface area contributed by atoms with Gasteiger partial charge in [0.25, 0.3) is 0 Å². The van der Waals surface area contributed by atoms with Gasteiger partial charge in [-0.2, -0.15) is 0 Å². The summed E-state index contributed by atoms with van der Waals surface area (Å²) in [7, 11) is 3.15. The second-order valence-electron chi connectivity index (χ2n) is 4.90. The molecule has 1 fully saturated rings. The van der Waals surface area contributed by atoms with E-state index in [1.165, 1.54) is 13.4 Å². The molecule has 1 aromatic rings. The molecule has 2 unspecified atom stereocenters. The monoisotopic (exact) mass is 408 g/mol. The molecule has 2 atom stereocenters. The van der Waals surface area contributed by atoms with Crippen LogP contribution in [-0.2, 0) is 16.1 Å². The lowest BCUT2D eigenvalue weighted by Gasteiger charge is -2.21. The number of guanidine groups is 1. The Bertz CT molecular complexity index is 478. The summed E-state index contributed by atoms with van der Waals surface area (Å²) in [6.07, 6.45) is 1.53. The van der Waals surface area contributed by atoms with E-state index in [-0.39, 0.29) is 41.8 Å². The summed E-state index contributed by atoms with van der Waals surface area (Å²) in [4.78, 5) is 18.0. The van der Waals surface area contributed by atoms with Crippen LogP contribution in [0, 0.1) is 11.8 Å². The Morgan fingerprint density at radius 2 is 2.38 bits per heavy atom. The predicted octanol–water partition coefficient (Wildman–Crippen LogP) is 1.11. The first-order chi connectivity index (χ1) is 9.65. The van der Waals surface area contributed by atoms with Crippen molar-refractivity contribution >= 4 is 35.9 Å². The summed E-state index contributed by atoms with van der Waals surface area (Å²) < 4.78 is 9.62.